The smallest absolute Gasteiger partial charge is 0.0325 e. The quantitative estimate of drug-likeness (QED) is 0.704. The maximum Gasteiger partial charge on any atom is 0.0325 e. The van der Waals surface area contributed by atoms with Crippen LogP contribution in [0.4, 0.5) is 0 Å². The molecular formula is C12H21NS. The van der Waals surface area contributed by atoms with Crippen molar-refractivity contribution in [3.8, 4) is 0 Å². The Morgan fingerprint density at radius 3 is 2.71 bits per heavy atom. The van der Waals surface area contributed by atoms with Gasteiger partial charge in [-0.05, 0) is 37.4 Å². The van der Waals surface area contributed by atoms with Gasteiger partial charge in [0.15, 0.2) is 0 Å². The molecule has 0 radical (unpaired) electrons. The van der Waals surface area contributed by atoms with Crippen molar-refractivity contribution in [3.63, 3.8) is 0 Å². The zero-order chi connectivity index (χ0) is 10.4. The minimum atomic E-state index is 0.562. The molecule has 0 saturated carbocycles. The van der Waals surface area contributed by atoms with Crippen LogP contribution in [-0.2, 0) is 0 Å². The molecule has 0 aromatic carbocycles. The Hall–Kier alpha value is -0.340. The van der Waals surface area contributed by atoms with Gasteiger partial charge in [-0.15, -0.1) is 11.3 Å². The lowest BCUT2D eigenvalue weighted by Crippen LogP contribution is -2.15. The Labute approximate surface area is 91.5 Å². The van der Waals surface area contributed by atoms with Crippen molar-refractivity contribution >= 4 is 11.3 Å². The molecule has 0 amide bonds. The SMILES string of the molecule is CCCCCC(NC)c1csc(C)c1. The second-order valence-electron chi connectivity index (χ2n) is 3.83. The van der Waals surface area contributed by atoms with Gasteiger partial charge in [0.05, 0.1) is 0 Å². The molecule has 0 aliphatic rings. The molecular weight excluding hydrogens is 190 g/mol. The molecule has 1 nitrogen and oxygen atoms in total. The van der Waals surface area contributed by atoms with E-state index in [1.807, 2.05) is 11.3 Å². The van der Waals surface area contributed by atoms with E-state index >= 15 is 0 Å². The van der Waals surface area contributed by atoms with Crippen LogP contribution in [-0.4, -0.2) is 7.05 Å². The highest BCUT2D eigenvalue weighted by atomic mass is 32.1. The van der Waals surface area contributed by atoms with Crippen molar-refractivity contribution in [3.05, 3.63) is 21.9 Å². The minimum absolute atomic E-state index is 0.562. The molecule has 0 spiro atoms. The van der Waals surface area contributed by atoms with Crippen LogP contribution in [0.2, 0.25) is 0 Å². The van der Waals surface area contributed by atoms with Gasteiger partial charge in [0.1, 0.15) is 0 Å². The average molecular weight is 211 g/mol. The van der Waals surface area contributed by atoms with Crippen molar-refractivity contribution in [2.24, 2.45) is 0 Å². The third-order valence-corrected chi connectivity index (χ3v) is 3.48. The lowest BCUT2D eigenvalue weighted by molar-refractivity contribution is 0.513. The maximum atomic E-state index is 3.40. The first-order valence-corrected chi connectivity index (χ1v) is 6.38. The fraction of sp³-hybridized carbons (Fsp3) is 0.667. The fourth-order valence-corrected chi connectivity index (χ4v) is 2.48. The van der Waals surface area contributed by atoms with Crippen molar-refractivity contribution in [2.75, 3.05) is 7.05 Å². The van der Waals surface area contributed by atoms with E-state index in [1.165, 1.54) is 36.1 Å². The maximum absolute atomic E-state index is 3.40. The summed E-state index contributed by atoms with van der Waals surface area (Å²) < 4.78 is 0. The van der Waals surface area contributed by atoms with Gasteiger partial charge in [-0.3, -0.25) is 0 Å². The Morgan fingerprint density at radius 1 is 1.43 bits per heavy atom. The topological polar surface area (TPSA) is 12.0 Å². The van der Waals surface area contributed by atoms with Crippen LogP contribution >= 0.6 is 11.3 Å². The molecule has 1 N–H and O–H groups in total. The molecule has 1 atom stereocenters. The van der Waals surface area contributed by atoms with Gasteiger partial charge >= 0.3 is 0 Å². The van der Waals surface area contributed by atoms with Gasteiger partial charge in [0.25, 0.3) is 0 Å². The van der Waals surface area contributed by atoms with Gasteiger partial charge in [-0.25, -0.2) is 0 Å². The lowest BCUT2D eigenvalue weighted by Gasteiger charge is -2.14. The van der Waals surface area contributed by atoms with E-state index < -0.39 is 0 Å². The Bertz CT molecular complexity index is 255. The Morgan fingerprint density at radius 2 is 2.21 bits per heavy atom. The number of hydrogen-bond donors (Lipinski definition) is 1. The van der Waals surface area contributed by atoms with Gasteiger partial charge < -0.3 is 5.32 Å². The Kier molecular flexibility index (Phi) is 5.20. The number of nitrogens with one attached hydrogen (secondary N) is 1. The summed E-state index contributed by atoms with van der Waals surface area (Å²) in [7, 11) is 2.06. The summed E-state index contributed by atoms with van der Waals surface area (Å²) >= 11 is 1.85. The van der Waals surface area contributed by atoms with Crippen LogP contribution in [0.1, 0.15) is 49.1 Å². The third kappa shape index (κ3) is 3.43. The zero-order valence-corrected chi connectivity index (χ0v) is 10.3. The monoisotopic (exact) mass is 211 g/mol. The molecule has 80 valence electrons. The summed E-state index contributed by atoms with van der Waals surface area (Å²) in [4.78, 5) is 1.41. The van der Waals surface area contributed by atoms with E-state index in [0.717, 1.165) is 0 Å². The van der Waals surface area contributed by atoms with Crippen molar-refractivity contribution in [1.29, 1.82) is 0 Å². The van der Waals surface area contributed by atoms with Crippen molar-refractivity contribution in [1.82, 2.24) is 5.32 Å². The summed E-state index contributed by atoms with van der Waals surface area (Å²) in [5, 5.41) is 5.68. The first kappa shape index (κ1) is 11.7. The predicted octanol–water partition coefficient (Wildman–Crippen LogP) is 3.90. The summed E-state index contributed by atoms with van der Waals surface area (Å²) in [5.74, 6) is 0. The molecule has 1 heterocycles. The summed E-state index contributed by atoms with van der Waals surface area (Å²) in [6, 6.07) is 2.86. The molecule has 1 unspecified atom stereocenters. The van der Waals surface area contributed by atoms with Crippen LogP contribution in [0.5, 0.6) is 0 Å². The van der Waals surface area contributed by atoms with Gasteiger partial charge in [-0.2, -0.15) is 0 Å². The molecule has 1 rings (SSSR count). The molecule has 0 aliphatic heterocycles. The van der Waals surface area contributed by atoms with E-state index in [9.17, 15) is 0 Å². The zero-order valence-electron chi connectivity index (χ0n) is 9.47. The number of rotatable bonds is 6. The highest BCUT2D eigenvalue weighted by molar-refractivity contribution is 7.10. The van der Waals surface area contributed by atoms with E-state index in [1.54, 1.807) is 0 Å². The highest BCUT2D eigenvalue weighted by Gasteiger charge is 2.09. The molecule has 0 bridgehead atoms. The fourth-order valence-electron chi connectivity index (χ4n) is 1.72. The van der Waals surface area contributed by atoms with E-state index in [-0.39, 0.29) is 0 Å². The van der Waals surface area contributed by atoms with Crippen molar-refractivity contribution in [2.45, 2.75) is 45.6 Å². The van der Waals surface area contributed by atoms with Crippen LogP contribution in [0.15, 0.2) is 11.4 Å². The number of unbranched alkanes of at least 4 members (excludes halogenated alkanes) is 2. The van der Waals surface area contributed by atoms with Gasteiger partial charge in [-0.1, -0.05) is 26.2 Å². The summed E-state index contributed by atoms with van der Waals surface area (Å²) in [6.07, 6.45) is 5.25. The number of hydrogen-bond acceptors (Lipinski definition) is 2. The normalized spacial score (nSPS) is 13.1. The number of aryl methyl sites for hydroxylation is 1. The molecule has 1 aromatic heterocycles. The largest absolute Gasteiger partial charge is 0.313 e. The standard InChI is InChI=1S/C12H21NS/c1-4-5-6-7-12(13-3)11-8-10(2)14-9-11/h8-9,12-13H,4-7H2,1-3H3. The highest BCUT2D eigenvalue weighted by Crippen LogP contribution is 2.24. The molecule has 0 fully saturated rings. The first-order valence-electron chi connectivity index (χ1n) is 5.50. The predicted molar refractivity (Wildman–Crippen MR) is 65.0 cm³/mol. The van der Waals surface area contributed by atoms with Crippen LogP contribution in [0, 0.1) is 6.92 Å². The molecule has 14 heavy (non-hydrogen) atoms. The Balaban J connectivity index is 2.45. The van der Waals surface area contributed by atoms with Crippen LogP contribution < -0.4 is 5.32 Å². The third-order valence-electron chi connectivity index (χ3n) is 2.60. The van der Waals surface area contributed by atoms with Gasteiger partial charge in [0.2, 0.25) is 0 Å². The second-order valence-corrected chi connectivity index (χ2v) is 4.94. The van der Waals surface area contributed by atoms with Gasteiger partial charge in [0, 0.05) is 10.9 Å². The summed E-state index contributed by atoms with van der Waals surface area (Å²) in [6.45, 7) is 4.43. The molecule has 2 heteroatoms. The minimum Gasteiger partial charge on any atom is -0.313 e. The van der Waals surface area contributed by atoms with Crippen molar-refractivity contribution < 1.29 is 0 Å². The van der Waals surface area contributed by atoms with E-state index in [4.69, 9.17) is 0 Å². The van der Waals surface area contributed by atoms with Crippen LogP contribution in [0.3, 0.4) is 0 Å². The molecule has 1 aromatic rings. The van der Waals surface area contributed by atoms with Crippen LogP contribution in [0.25, 0.3) is 0 Å². The molecule has 0 saturated heterocycles. The van der Waals surface area contributed by atoms with E-state index in [2.05, 4.69) is 37.7 Å². The first-order chi connectivity index (χ1) is 6.77. The lowest BCUT2D eigenvalue weighted by atomic mass is 10.0. The second kappa shape index (κ2) is 6.20. The molecule has 0 aliphatic carbocycles. The average Bonchev–Trinajstić information content (AvgIpc) is 2.60. The van der Waals surface area contributed by atoms with E-state index in [0.29, 0.717) is 6.04 Å². The number of thiophene rings is 1. The summed E-state index contributed by atoms with van der Waals surface area (Å²) in [5.41, 5.74) is 1.46.